The van der Waals surface area contributed by atoms with Crippen molar-refractivity contribution in [2.45, 2.75) is 19.4 Å². The standard InChI is InChI=1S/C10H13N5O2/c1-14-9(2-4-11-14)3-5-15-7-8(12-13-15)6-10(16)17/h2,4,7H,3,5-6H2,1H3,(H,16,17). The third kappa shape index (κ3) is 2.90. The van der Waals surface area contributed by atoms with E-state index in [9.17, 15) is 4.79 Å². The van der Waals surface area contributed by atoms with Gasteiger partial charge in [-0.25, -0.2) is 0 Å². The van der Waals surface area contributed by atoms with Crippen molar-refractivity contribution >= 4 is 5.97 Å². The average Bonchev–Trinajstić information content (AvgIpc) is 2.84. The summed E-state index contributed by atoms with van der Waals surface area (Å²) in [5.74, 6) is -0.899. The first-order chi connectivity index (χ1) is 8.15. The minimum Gasteiger partial charge on any atom is -0.481 e. The number of aryl methyl sites for hydroxylation is 3. The Hall–Kier alpha value is -2.18. The maximum atomic E-state index is 10.5. The van der Waals surface area contributed by atoms with E-state index < -0.39 is 5.97 Å². The summed E-state index contributed by atoms with van der Waals surface area (Å²) in [6.45, 7) is 0.659. The van der Waals surface area contributed by atoms with E-state index in [4.69, 9.17) is 5.11 Å². The first-order valence-electron chi connectivity index (χ1n) is 5.23. The molecule has 17 heavy (non-hydrogen) atoms. The molecule has 0 fully saturated rings. The molecule has 0 atom stereocenters. The van der Waals surface area contributed by atoms with Crippen molar-refractivity contribution in [3.63, 3.8) is 0 Å². The Bertz CT molecular complexity index is 516. The van der Waals surface area contributed by atoms with Gasteiger partial charge in [0.25, 0.3) is 0 Å². The Morgan fingerprint density at radius 2 is 2.35 bits per heavy atom. The minimum atomic E-state index is -0.899. The van der Waals surface area contributed by atoms with E-state index in [0.717, 1.165) is 12.1 Å². The van der Waals surface area contributed by atoms with E-state index in [0.29, 0.717) is 12.2 Å². The van der Waals surface area contributed by atoms with E-state index >= 15 is 0 Å². The van der Waals surface area contributed by atoms with Crippen LogP contribution in [0.2, 0.25) is 0 Å². The largest absolute Gasteiger partial charge is 0.481 e. The molecule has 0 bridgehead atoms. The molecule has 2 aromatic rings. The Labute approximate surface area is 97.7 Å². The minimum absolute atomic E-state index is 0.0916. The molecule has 0 saturated carbocycles. The molecule has 0 aliphatic rings. The van der Waals surface area contributed by atoms with Crippen molar-refractivity contribution in [1.82, 2.24) is 24.8 Å². The second-order valence-electron chi connectivity index (χ2n) is 3.74. The van der Waals surface area contributed by atoms with E-state index in [1.54, 1.807) is 21.8 Å². The molecule has 0 aliphatic heterocycles. The van der Waals surface area contributed by atoms with Gasteiger partial charge in [0, 0.05) is 38.1 Å². The molecule has 7 heteroatoms. The van der Waals surface area contributed by atoms with Crippen molar-refractivity contribution in [2.24, 2.45) is 7.05 Å². The molecule has 7 nitrogen and oxygen atoms in total. The van der Waals surface area contributed by atoms with Gasteiger partial charge in [0.2, 0.25) is 0 Å². The van der Waals surface area contributed by atoms with Gasteiger partial charge < -0.3 is 5.11 Å². The Morgan fingerprint density at radius 1 is 1.53 bits per heavy atom. The van der Waals surface area contributed by atoms with E-state index in [1.165, 1.54) is 0 Å². The van der Waals surface area contributed by atoms with Crippen LogP contribution in [0.5, 0.6) is 0 Å². The number of aliphatic carboxylic acids is 1. The van der Waals surface area contributed by atoms with Crippen LogP contribution in [0.3, 0.4) is 0 Å². The summed E-state index contributed by atoms with van der Waals surface area (Å²) in [4.78, 5) is 10.5. The lowest BCUT2D eigenvalue weighted by Gasteiger charge is -2.01. The smallest absolute Gasteiger partial charge is 0.309 e. The first-order valence-corrected chi connectivity index (χ1v) is 5.23. The highest BCUT2D eigenvalue weighted by Gasteiger charge is 2.06. The lowest BCUT2D eigenvalue weighted by molar-refractivity contribution is -0.136. The SMILES string of the molecule is Cn1nccc1CCn1cc(CC(=O)O)nn1. The zero-order valence-electron chi connectivity index (χ0n) is 9.44. The maximum absolute atomic E-state index is 10.5. The van der Waals surface area contributed by atoms with Crippen LogP contribution < -0.4 is 0 Å². The number of carboxylic acid groups (broad SMARTS) is 1. The molecule has 0 aromatic carbocycles. The highest BCUT2D eigenvalue weighted by atomic mass is 16.4. The van der Waals surface area contributed by atoms with E-state index in [-0.39, 0.29) is 6.42 Å². The molecule has 0 radical (unpaired) electrons. The zero-order valence-corrected chi connectivity index (χ0v) is 9.44. The summed E-state index contributed by atoms with van der Waals surface area (Å²) in [6, 6.07) is 1.94. The summed E-state index contributed by atoms with van der Waals surface area (Å²) >= 11 is 0. The third-order valence-electron chi connectivity index (χ3n) is 2.44. The van der Waals surface area contributed by atoms with Crippen LogP contribution in [0.15, 0.2) is 18.5 Å². The third-order valence-corrected chi connectivity index (χ3v) is 2.44. The highest BCUT2D eigenvalue weighted by molar-refractivity contribution is 5.69. The molecule has 2 aromatic heterocycles. The zero-order chi connectivity index (χ0) is 12.3. The van der Waals surface area contributed by atoms with Crippen molar-refractivity contribution in [3.8, 4) is 0 Å². The van der Waals surface area contributed by atoms with E-state index in [1.807, 2.05) is 13.1 Å². The average molecular weight is 235 g/mol. The molecule has 0 unspecified atom stereocenters. The van der Waals surface area contributed by atoms with Gasteiger partial charge in [0.15, 0.2) is 0 Å². The molecular weight excluding hydrogens is 222 g/mol. The summed E-state index contributed by atoms with van der Waals surface area (Å²) in [5, 5.41) is 20.3. The van der Waals surface area contributed by atoms with Gasteiger partial charge in [-0.1, -0.05) is 5.21 Å². The molecule has 1 N–H and O–H groups in total. The highest BCUT2D eigenvalue weighted by Crippen LogP contribution is 2.01. The molecule has 0 saturated heterocycles. The lowest BCUT2D eigenvalue weighted by Crippen LogP contribution is -2.06. The van der Waals surface area contributed by atoms with Crippen LogP contribution in [0.1, 0.15) is 11.4 Å². The predicted molar refractivity (Wildman–Crippen MR) is 58.3 cm³/mol. The second kappa shape index (κ2) is 4.77. The molecule has 90 valence electrons. The predicted octanol–water partition coefficient (Wildman–Crippen LogP) is -0.119. The van der Waals surface area contributed by atoms with Crippen LogP contribution in [-0.2, 0) is 31.2 Å². The molecular formula is C10H13N5O2. The fourth-order valence-electron chi connectivity index (χ4n) is 1.56. The van der Waals surface area contributed by atoms with Crippen LogP contribution >= 0.6 is 0 Å². The summed E-state index contributed by atoms with van der Waals surface area (Å²) in [7, 11) is 1.88. The molecule has 2 heterocycles. The first kappa shape index (κ1) is 11.3. The Morgan fingerprint density at radius 3 is 3.00 bits per heavy atom. The van der Waals surface area contributed by atoms with Crippen molar-refractivity contribution in [1.29, 1.82) is 0 Å². The fraction of sp³-hybridized carbons (Fsp3) is 0.400. The summed E-state index contributed by atoms with van der Waals surface area (Å²) < 4.78 is 3.44. The van der Waals surface area contributed by atoms with Crippen molar-refractivity contribution in [3.05, 3.63) is 29.8 Å². The van der Waals surface area contributed by atoms with Gasteiger partial charge in [-0.05, 0) is 6.07 Å². The molecule has 0 aliphatic carbocycles. The monoisotopic (exact) mass is 235 g/mol. The van der Waals surface area contributed by atoms with Gasteiger partial charge >= 0.3 is 5.97 Å². The number of aromatic nitrogens is 5. The number of hydrogen-bond acceptors (Lipinski definition) is 4. The second-order valence-corrected chi connectivity index (χ2v) is 3.74. The number of nitrogens with zero attached hydrogens (tertiary/aromatic N) is 5. The molecule has 0 spiro atoms. The number of rotatable bonds is 5. The quantitative estimate of drug-likeness (QED) is 0.781. The van der Waals surface area contributed by atoms with E-state index in [2.05, 4.69) is 15.4 Å². The Kier molecular flexibility index (Phi) is 3.17. The van der Waals surface area contributed by atoms with Gasteiger partial charge in [0.1, 0.15) is 0 Å². The maximum Gasteiger partial charge on any atom is 0.309 e. The number of carbonyl (C=O) groups is 1. The fourth-order valence-corrected chi connectivity index (χ4v) is 1.56. The van der Waals surface area contributed by atoms with Crippen LogP contribution in [0, 0.1) is 0 Å². The number of carboxylic acids is 1. The number of hydrogen-bond donors (Lipinski definition) is 1. The van der Waals surface area contributed by atoms with Gasteiger partial charge in [-0.3, -0.25) is 14.2 Å². The molecule has 2 rings (SSSR count). The van der Waals surface area contributed by atoms with Gasteiger partial charge in [-0.2, -0.15) is 5.10 Å². The molecule has 0 amide bonds. The van der Waals surface area contributed by atoms with Crippen molar-refractivity contribution in [2.75, 3.05) is 0 Å². The van der Waals surface area contributed by atoms with Crippen molar-refractivity contribution < 1.29 is 9.90 Å². The van der Waals surface area contributed by atoms with Crippen LogP contribution in [0.4, 0.5) is 0 Å². The Balaban J connectivity index is 1.93. The normalized spacial score (nSPS) is 10.6. The topological polar surface area (TPSA) is 85.8 Å². The lowest BCUT2D eigenvalue weighted by atomic mass is 10.3. The van der Waals surface area contributed by atoms with Crippen LogP contribution in [0.25, 0.3) is 0 Å². The summed E-state index contributed by atoms with van der Waals surface area (Å²) in [6.07, 6.45) is 4.09. The van der Waals surface area contributed by atoms with Gasteiger partial charge in [0.05, 0.1) is 12.1 Å². The summed E-state index contributed by atoms with van der Waals surface area (Å²) in [5.41, 5.74) is 1.57. The van der Waals surface area contributed by atoms with Gasteiger partial charge in [-0.15, -0.1) is 5.10 Å². The van der Waals surface area contributed by atoms with Crippen LogP contribution in [-0.4, -0.2) is 35.9 Å².